The van der Waals surface area contributed by atoms with Gasteiger partial charge < -0.3 is 14.5 Å². The molecular weight excluding hydrogens is 302 g/mol. The molecule has 0 unspecified atom stereocenters. The second-order valence-electron chi connectivity index (χ2n) is 6.54. The number of benzene rings is 1. The summed E-state index contributed by atoms with van der Waals surface area (Å²) in [7, 11) is 1.66. The molecule has 1 fully saturated rings. The van der Waals surface area contributed by atoms with Crippen molar-refractivity contribution >= 4 is 5.91 Å². The van der Waals surface area contributed by atoms with Crippen LogP contribution in [-0.4, -0.2) is 19.6 Å². The molecule has 1 aliphatic carbocycles. The van der Waals surface area contributed by atoms with E-state index in [1.54, 1.807) is 7.11 Å². The highest BCUT2D eigenvalue weighted by Gasteiger charge is 2.36. The molecule has 1 N–H and O–H groups in total. The third-order valence-electron chi connectivity index (χ3n) is 4.66. The summed E-state index contributed by atoms with van der Waals surface area (Å²) in [5.41, 5.74) is 1.11. The van der Waals surface area contributed by atoms with Gasteiger partial charge in [0.2, 0.25) is 5.91 Å². The number of amides is 1. The number of methoxy groups -OCH3 is 1. The zero-order valence-electron chi connectivity index (χ0n) is 14.4. The molecule has 1 aromatic carbocycles. The summed E-state index contributed by atoms with van der Waals surface area (Å²) < 4.78 is 11.2. The van der Waals surface area contributed by atoms with Gasteiger partial charge in [-0.3, -0.25) is 4.79 Å². The Kier molecular flexibility index (Phi) is 5.24. The van der Waals surface area contributed by atoms with Gasteiger partial charge in [-0.05, 0) is 42.5 Å². The molecule has 2 atom stereocenters. The van der Waals surface area contributed by atoms with Gasteiger partial charge in [0, 0.05) is 25.3 Å². The summed E-state index contributed by atoms with van der Waals surface area (Å²) in [6, 6.07) is 11.9. The lowest BCUT2D eigenvalue weighted by Crippen LogP contribution is -2.25. The van der Waals surface area contributed by atoms with Crippen LogP contribution >= 0.6 is 0 Å². The van der Waals surface area contributed by atoms with E-state index in [2.05, 4.69) is 18.3 Å². The number of furan rings is 1. The average Bonchev–Trinajstić information content (AvgIpc) is 3.14. The fourth-order valence-corrected chi connectivity index (χ4v) is 3.02. The van der Waals surface area contributed by atoms with E-state index in [1.807, 2.05) is 30.3 Å². The molecule has 0 saturated heterocycles. The van der Waals surface area contributed by atoms with Crippen molar-refractivity contribution in [2.75, 3.05) is 13.7 Å². The van der Waals surface area contributed by atoms with Gasteiger partial charge in [0.15, 0.2) is 0 Å². The van der Waals surface area contributed by atoms with Crippen LogP contribution in [0.2, 0.25) is 0 Å². The van der Waals surface area contributed by atoms with E-state index < -0.39 is 0 Å². The van der Waals surface area contributed by atoms with Crippen LogP contribution < -0.4 is 10.1 Å². The predicted molar refractivity (Wildman–Crippen MR) is 93.3 cm³/mol. The van der Waals surface area contributed by atoms with Crippen LogP contribution in [0.3, 0.4) is 0 Å². The van der Waals surface area contributed by atoms with Crippen molar-refractivity contribution < 1.29 is 13.9 Å². The van der Waals surface area contributed by atoms with Crippen molar-refractivity contribution in [1.29, 1.82) is 0 Å². The molecule has 0 radical (unpaired) electrons. The van der Waals surface area contributed by atoms with Gasteiger partial charge in [0.25, 0.3) is 0 Å². The maximum Gasteiger partial charge on any atom is 0.220 e. The first-order chi connectivity index (χ1) is 11.7. The largest absolute Gasteiger partial charge is 0.496 e. The topological polar surface area (TPSA) is 51.5 Å². The fourth-order valence-electron chi connectivity index (χ4n) is 3.02. The molecular formula is C20H25NO3. The molecule has 0 spiro atoms. The third-order valence-corrected chi connectivity index (χ3v) is 4.66. The molecule has 3 rings (SSSR count). The Bertz CT molecular complexity index is 692. The summed E-state index contributed by atoms with van der Waals surface area (Å²) in [4.78, 5) is 12.0. The minimum atomic E-state index is 0.0580. The number of carbonyl (C=O) groups excluding carboxylic acids is 1. The van der Waals surface area contributed by atoms with Crippen molar-refractivity contribution in [2.24, 2.45) is 5.92 Å². The lowest BCUT2D eigenvalue weighted by Gasteiger charge is -2.09. The first kappa shape index (κ1) is 16.6. The molecule has 1 amide bonds. The quantitative estimate of drug-likeness (QED) is 0.804. The molecule has 1 heterocycles. The number of rotatable bonds is 8. The summed E-state index contributed by atoms with van der Waals surface area (Å²) in [5.74, 6) is 4.24. The van der Waals surface area contributed by atoms with Crippen molar-refractivity contribution in [1.82, 2.24) is 5.32 Å². The first-order valence-corrected chi connectivity index (χ1v) is 8.64. The Labute approximate surface area is 143 Å². The monoisotopic (exact) mass is 327 g/mol. The standard InChI is InChI=1S/C20H25NO3/c1-14-13-17(14)19-9-7-16(24-19)8-10-20(22)21-12-11-15-5-3-4-6-18(15)23-2/h3-7,9,14,17H,8,10-13H2,1-2H3,(H,21,22)/t14-,17-/m1/s1. The molecule has 128 valence electrons. The molecule has 0 bridgehead atoms. The Balaban J connectivity index is 1.39. The Morgan fingerprint density at radius 2 is 2.04 bits per heavy atom. The SMILES string of the molecule is COc1ccccc1CCNC(=O)CCc1ccc([C@@H]2C[C@H]2C)o1. The van der Waals surface area contributed by atoms with Gasteiger partial charge in [-0.15, -0.1) is 0 Å². The zero-order chi connectivity index (χ0) is 16.9. The van der Waals surface area contributed by atoms with E-state index in [9.17, 15) is 4.79 Å². The second-order valence-corrected chi connectivity index (χ2v) is 6.54. The van der Waals surface area contributed by atoms with Crippen molar-refractivity contribution in [3.05, 3.63) is 53.5 Å². The highest BCUT2D eigenvalue weighted by atomic mass is 16.5. The van der Waals surface area contributed by atoms with Gasteiger partial charge in [-0.25, -0.2) is 0 Å². The molecule has 4 nitrogen and oxygen atoms in total. The van der Waals surface area contributed by atoms with Crippen LogP contribution in [0, 0.1) is 5.92 Å². The zero-order valence-corrected chi connectivity index (χ0v) is 14.4. The summed E-state index contributed by atoms with van der Waals surface area (Å²) in [6.45, 7) is 2.85. The van der Waals surface area contributed by atoms with Crippen molar-refractivity contribution in [2.45, 2.75) is 38.5 Å². The number of hydrogen-bond donors (Lipinski definition) is 1. The highest BCUT2D eigenvalue weighted by Crippen LogP contribution is 2.47. The van der Waals surface area contributed by atoms with Crippen LogP contribution in [-0.2, 0) is 17.6 Å². The Hall–Kier alpha value is -2.23. The van der Waals surface area contributed by atoms with Gasteiger partial charge in [-0.2, -0.15) is 0 Å². The smallest absolute Gasteiger partial charge is 0.220 e. The van der Waals surface area contributed by atoms with Gasteiger partial charge in [0.05, 0.1) is 7.11 Å². The van der Waals surface area contributed by atoms with E-state index in [0.717, 1.165) is 35.2 Å². The number of hydrogen-bond acceptors (Lipinski definition) is 3. The van der Waals surface area contributed by atoms with Crippen LogP contribution in [0.25, 0.3) is 0 Å². The van der Waals surface area contributed by atoms with Gasteiger partial charge >= 0.3 is 0 Å². The minimum absolute atomic E-state index is 0.0580. The summed E-state index contributed by atoms with van der Waals surface area (Å²) in [5, 5.41) is 2.97. The number of ether oxygens (including phenoxy) is 1. The number of aryl methyl sites for hydroxylation is 1. The molecule has 4 heteroatoms. The maximum atomic E-state index is 12.0. The van der Waals surface area contributed by atoms with Crippen LogP contribution in [0.5, 0.6) is 5.75 Å². The second kappa shape index (κ2) is 7.56. The van der Waals surface area contributed by atoms with Crippen molar-refractivity contribution in [3.8, 4) is 5.75 Å². The van der Waals surface area contributed by atoms with Crippen LogP contribution in [0.1, 0.15) is 42.8 Å². The minimum Gasteiger partial charge on any atom is -0.496 e. The van der Waals surface area contributed by atoms with E-state index >= 15 is 0 Å². The first-order valence-electron chi connectivity index (χ1n) is 8.64. The normalized spacial score (nSPS) is 19.1. The average molecular weight is 327 g/mol. The van der Waals surface area contributed by atoms with E-state index in [-0.39, 0.29) is 5.91 Å². The summed E-state index contributed by atoms with van der Waals surface area (Å²) in [6.07, 6.45) is 3.09. The van der Waals surface area contributed by atoms with Crippen molar-refractivity contribution in [3.63, 3.8) is 0 Å². The van der Waals surface area contributed by atoms with E-state index in [0.29, 0.717) is 25.3 Å². The van der Waals surface area contributed by atoms with Crippen LogP contribution in [0.15, 0.2) is 40.8 Å². The molecule has 0 aliphatic heterocycles. The fraction of sp³-hybridized carbons (Fsp3) is 0.450. The molecule has 24 heavy (non-hydrogen) atoms. The molecule has 1 aliphatic rings. The molecule has 2 aromatic rings. The van der Waals surface area contributed by atoms with Gasteiger partial charge in [-0.1, -0.05) is 25.1 Å². The number of para-hydroxylation sites is 1. The lowest BCUT2D eigenvalue weighted by atomic mass is 10.1. The predicted octanol–water partition coefficient (Wildman–Crippen LogP) is 3.70. The Morgan fingerprint density at radius 3 is 2.79 bits per heavy atom. The van der Waals surface area contributed by atoms with E-state index in [4.69, 9.17) is 9.15 Å². The molecule has 1 saturated carbocycles. The highest BCUT2D eigenvalue weighted by molar-refractivity contribution is 5.76. The Morgan fingerprint density at radius 1 is 1.25 bits per heavy atom. The maximum absolute atomic E-state index is 12.0. The summed E-state index contributed by atoms with van der Waals surface area (Å²) >= 11 is 0. The third kappa shape index (κ3) is 4.19. The lowest BCUT2D eigenvalue weighted by molar-refractivity contribution is -0.121. The number of carbonyl (C=O) groups is 1. The molecule has 1 aromatic heterocycles. The van der Waals surface area contributed by atoms with Crippen LogP contribution in [0.4, 0.5) is 0 Å². The van der Waals surface area contributed by atoms with E-state index in [1.165, 1.54) is 6.42 Å². The number of nitrogens with one attached hydrogen (secondary N) is 1. The van der Waals surface area contributed by atoms with Gasteiger partial charge in [0.1, 0.15) is 17.3 Å².